The normalized spacial score (nSPS) is 11.8. The molecule has 4 aromatic rings. The summed E-state index contributed by atoms with van der Waals surface area (Å²) in [6, 6.07) is 15.0. The Hall–Kier alpha value is -3.50. The minimum absolute atomic E-state index is 0.0952. The van der Waals surface area contributed by atoms with Gasteiger partial charge in [0, 0.05) is 6.20 Å². The summed E-state index contributed by atoms with van der Waals surface area (Å²) in [6.45, 7) is 7.53. The molecular formula is C26H27FN4O3S2. The lowest BCUT2D eigenvalue weighted by Crippen LogP contribution is -2.28. The summed E-state index contributed by atoms with van der Waals surface area (Å²) in [5, 5.41) is 4.11. The zero-order valence-electron chi connectivity index (χ0n) is 20.6. The fourth-order valence-electron chi connectivity index (χ4n) is 3.76. The van der Waals surface area contributed by atoms with Gasteiger partial charge in [-0.25, -0.2) is 17.8 Å². The van der Waals surface area contributed by atoms with Gasteiger partial charge >= 0.3 is 0 Å². The van der Waals surface area contributed by atoms with Crippen molar-refractivity contribution >= 4 is 32.2 Å². The van der Waals surface area contributed by atoms with Gasteiger partial charge in [-0.15, -0.1) is 0 Å². The molecule has 10 heteroatoms. The van der Waals surface area contributed by atoms with E-state index in [2.05, 4.69) is 20.0 Å². The number of hydrogen-bond acceptors (Lipinski definition) is 7. The van der Waals surface area contributed by atoms with Gasteiger partial charge in [0.05, 0.1) is 34.6 Å². The van der Waals surface area contributed by atoms with Crippen LogP contribution < -0.4 is 14.8 Å². The molecular weight excluding hydrogens is 499 g/mol. The molecule has 0 saturated heterocycles. The zero-order valence-corrected chi connectivity index (χ0v) is 22.2. The van der Waals surface area contributed by atoms with Gasteiger partial charge < -0.3 is 10.1 Å². The molecule has 0 atom stereocenters. The first kappa shape index (κ1) is 25.6. The summed E-state index contributed by atoms with van der Waals surface area (Å²) in [4.78, 5) is 9.80. The Morgan fingerprint density at radius 2 is 1.83 bits per heavy atom. The number of sulfonamides is 1. The van der Waals surface area contributed by atoms with Crippen molar-refractivity contribution < 1.29 is 17.5 Å². The average molecular weight is 527 g/mol. The van der Waals surface area contributed by atoms with Crippen LogP contribution in [0.5, 0.6) is 5.75 Å². The van der Waals surface area contributed by atoms with Crippen LogP contribution in [0.2, 0.25) is 0 Å². The lowest BCUT2D eigenvalue weighted by atomic mass is 10.0. The highest BCUT2D eigenvalue weighted by Gasteiger charge is 2.26. The molecule has 2 N–H and O–H groups in total. The van der Waals surface area contributed by atoms with Crippen LogP contribution in [0.1, 0.15) is 30.8 Å². The molecule has 0 fully saturated rings. The second-order valence-corrected chi connectivity index (χ2v) is 11.5. The lowest BCUT2D eigenvalue weighted by Gasteiger charge is -2.25. The molecule has 0 unspecified atom stereocenters. The van der Waals surface area contributed by atoms with Crippen molar-refractivity contribution in [2.75, 3.05) is 17.1 Å². The van der Waals surface area contributed by atoms with Crippen LogP contribution in [0.3, 0.4) is 0 Å². The van der Waals surface area contributed by atoms with Gasteiger partial charge in [-0.05, 0) is 75.2 Å². The average Bonchev–Trinajstić information content (AvgIpc) is 3.20. The number of ether oxygens (including phenoxy) is 1. The molecule has 36 heavy (non-hydrogen) atoms. The number of aryl methyl sites for hydroxylation is 2. The highest BCUT2D eigenvalue weighted by molar-refractivity contribution is 7.92. The van der Waals surface area contributed by atoms with E-state index in [-0.39, 0.29) is 16.3 Å². The van der Waals surface area contributed by atoms with Crippen LogP contribution in [0.4, 0.5) is 15.2 Å². The van der Waals surface area contributed by atoms with E-state index in [0.717, 1.165) is 16.3 Å². The first-order valence-electron chi connectivity index (χ1n) is 11.2. The van der Waals surface area contributed by atoms with Crippen molar-refractivity contribution in [3.05, 3.63) is 83.6 Å². The third kappa shape index (κ3) is 5.19. The number of aromatic nitrogens is 2. The van der Waals surface area contributed by atoms with Gasteiger partial charge in [0.25, 0.3) is 10.0 Å². The molecule has 2 aromatic heterocycles. The van der Waals surface area contributed by atoms with Gasteiger partial charge in [-0.3, -0.25) is 9.71 Å². The minimum atomic E-state index is -4.16. The standard InChI is InChI=1S/C26H27FN4O3S2/c1-16-9-8-10-19(27)23(16)31-36(32,33)21-15-18(12-13-20(21)34-5)24-17(2)29-25(35-24)30-26(3,4)22-11-6-7-14-28-22/h6-15,31H,1-5H3,(H,29,30). The van der Waals surface area contributed by atoms with Crippen LogP contribution in [-0.4, -0.2) is 25.5 Å². The van der Waals surface area contributed by atoms with E-state index in [1.54, 1.807) is 31.3 Å². The summed E-state index contributed by atoms with van der Waals surface area (Å²) in [5.74, 6) is -0.504. The number of para-hydroxylation sites is 1. The molecule has 0 bridgehead atoms. The zero-order chi connectivity index (χ0) is 26.1. The molecule has 0 saturated carbocycles. The SMILES string of the molecule is COc1ccc(-c2sc(NC(C)(C)c3ccccn3)nc2C)cc1S(=O)(=O)Nc1c(C)cccc1F. The molecule has 0 amide bonds. The van der Waals surface area contributed by atoms with Gasteiger partial charge in [0.15, 0.2) is 5.13 Å². The van der Waals surface area contributed by atoms with Crippen molar-refractivity contribution in [3.8, 4) is 16.2 Å². The van der Waals surface area contributed by atoms with Gasteiger partial charge in [0.2, 0.25) is 0 Å². The molecule has 0 radical (unpaired) electrons. The van der Waals surface area contributed by atoms with Gasteiger partial charge in [-0.1, -0.05) is 29.5 Å². The largest absolute Gasteiger partial charge is 0.495 e. The summed E-state index contributed by atoms with van der Waals surface area (Å²) < 4.78 is 48.7. The van der Waals surface area contributed by atoms with E-state index in [1.807, 2.05) is 39.0 Å². The number of thiazole rings is 1. The van der Waals surface area contributed by atoms with Crippen molar-refractivity contribution in [3.63, 3.8) is 0 Å². The smallest absolute Gasteiger partial charge is 0.265 e. The number of pyridine rings is 1. The van der Waals surface area contributed by atoms with E-state index in [4.69, 9.17) is 4.74 Å². The first-order chi connectivity index (χ1) is 17.0. The molecule has 188 valence electrons. The maximum Gasteiger partial charge on any atom is 0.265 e. The summed E-state index contributed by atoms with van der Waals surface area (Å²) in [6.07, 6.45) is 1.74. The number of hydrogen-bond donors (Lipinski definition) is 2. The van der Waals surface area contributed by atoms with Gasteiger partial charge in [-0.2, -0.15) is 0 Å². The molecule has 2 aromatic carbocycles. The maximum absolute atomic E-state index is 14.4. The summed E-state index contributed by atoms with van der Waals surface area (Å²) in [7, 11) is -2.77. The van der Waals surface area contributed by atoms with Crippen LogP contribution in [0, 0.1) is 19.7 Å². The number of nitrogens with one attached hydrogen (secondary N) is 2. The Balaban J connectivity index is 1.70. The molecule has 0 aliphatic carbocycles. The maximum atomic E-state index is 14.4. The quantitative estimate of drug-likeness (QED) is 0.287. The van der Waals surface area contributed by atoms with Crippen LogP contribution >= 0.6 is 11.3 Å². The summed E-state index contributed by atoms with van der Waals surface area (Å²) in [5.41, 5.74) is 2.16. The fourth-order valence-corrected chi connectivity index (χ4v) is 6.22. The highest BCUT2D eigenvalue weighted by Crippen LogP contribution is 2.38. The number of rotatable bonds is 8. The van der Waals surface area contributed by atoms with E-state index >= 15 is 0 Å². The van der Waals surface area contributed by atoms with Crippen molar-refractivity contribution in [1.29, 1.82) is 0 Å². The summed E-state index contributed by atoms with van der Waals surface area (Å²) >= 11 is 1.41. The van der Waals surface area contributed by atoms with Gasteiger partial charge in [0.1, 0.15) is 16.5 Å². The van der Waals surface area contributed by atoms with E-state index in [1.165, 1.54) is 36.6 Å². The number of benzene rings is 2. The van der Waals surface area contributed by atoms with Crippen LogP contribution in [0.15, 0.2) is 65.7 Å². The minimum Gasteiger partial charge on any atom is -0.495 e. The Kier molecular flexibility index (Phi) is 7.01. The molecule has 7 nitrogen and oxygen atoms in total. The highest BCUT2D eigenvalue weighted by atomic mass is 32.2. The Bertz CT molecular complexity index is 1480. The third-order valence-electron chi connectivity index (χ3n) is 5.69. The second kappa shape index (κ2) is 9.87. The van der Waals surface area contributed by atoms with E-state index < -0.39 is 21.4 Å². The molecule has 4 rings (SSSR count). The lowest BCUT2D eigenvalue weighted by molar-refractivity contribution is 0.403. The predicted molar refractivity (Wildman–Crippen MR) is 142 cm³/mol. The number of methoxy groups -OCH3 is 1. The van der Waals surface area contributed by atoms with E-state index in [0.29, 0.717) is 16.3 Å². The van der Waals surface area contributed by atoms with Crippen LogP contribution in [-0.2, 0) is 15.6 Å². The molecule has 0 aliphatic rings. The monoisotopic (exact) mass is 526 g/mol. The number of halogens is 1. The van der Waals surface area contributed by atoms with Crippen molar-refractivity contribution in [1.82, 2.24) is 9.97 Å². The van der Waals surface area contributed by atoms with Crippen LogP contribution in [0.25, 0.3) is 10.4 Å². The third-order valence-corrected chi connectivity index (χ3v) is 8.19. The topological polar surface area (TPSA) is 93.2 Å². The Morgan fingerprint density at radius 1 is 1.06 bits per heavy atom. The predicted octanol–water partition coefficient (Wildman–Crippen LogP) is 6.12. The van der Waals surface area contributed by atoms with E-state index in [9.17, 15) is 12.8 Å². The van der Waals surface area contributed by atoms with Crippen molar-refractivity contribution in [2.24, 2.45) is 0 Å². The second-order valence-electron chi connectivity index (χ2n) is 8.80. The molecule has 2 heterocycles. The molecule has 0 aliphatic heterocycles. The number of nitrogens with zero attached hydrogens (tertiary/aromatic N) is 2. The Labute approximate surface area is 214 Å². The molecule has 0 spiro atoms. The first-order valence-corrected chi connectivity index (χ1v) is 13.5. The van der Waals surface area contributed by atoms with Crippen molar-refractivity contribution in [2.45, 2.75) is 38.1 Å². The fraction of sp³-hybridized carbons (Fsp3) is 0.231. The number of anilines is 2. The Morgan fingerprint density at radius 3 is 2.50 bits per heavy atom.